The zero-order valence-corrected chi connectivity index (χ0v) is 17.9. The molecule has 154 valence electrons. The highest BCUT2D eigenvalue weighted by molar-refractivity contribution is 6.02. The fraction of sp³-hybridized carbons (Fsp3) is 0.346. The Morgan fingerprint density at radius 3 is 2.63 bits per heavy atom. The zero-order chi connectivity index (χ0) is 21.3. The number of ketones is 2. The number of hydrogen-bond donors (Lipinski definition) is 1. The number of H-pyrrole nitrogens is 1. The van der Waals surface area contributed by atoms with E-state index in [9.17, 15) is 9.59 Å². The number of nitrogens with zero attached hydrogens (tertiary/aromatic N) is 1. The molecule has 1 aliphatic carbocycles. The topological polar surface area (TPSA) is 62.8 Å². The molecule has 2 aromatic heterocycles. The van der Waals surface area contributed by atoms with Crippen LogP contribution in [0.3, 0.4) is 0 Å². The lowest BCUT2D eigenvalue weighted by Crippen LogP contribution is -2.27. The van der Waals surface area contributed by atoms with E-state index in [4.69, 9.17) is 0 Å². The maximum atomic E-state index is 13.1. The SMILES string of the molecule is CCCC(=O)c1cccc(Cc2c(-c3ccncc3)[nH]c3c2C(=O)CC(C)(C)C3)c1. The van der Waals surface area contributed by atoms with E-state index < -0.39 is 0 Å². The van der Waals surface area contributed by atoms with Crippen molar-refractivity contribution < 1.29 is 9.59 Å². The molecule has 0 saturated heterocycles. The van der Waals surface area contributed by atoms with Crippen molar-refractivity contribution in [2.24, 2.45) is 5.41 Å². The number of benzene rings is 1. The molecule has 4 rings (SSSR count). The number of fused-ring (bicyclic) bond motifs is 1. The maximum Gasteiger partial charge on any atom is 0.165 e. The highest BCUT2D eigenvalue weighted by atomic mass is 16.1. The van der Waals surface area contributed by atoms with Crippen LogP contribution in [0.1, 0.15) is 77.6 Å². The summed E-state index contributed by atoms with van der Waals surface area (Å²) in [5, 5.41) is 0. The van der Waals surface area contributed by atoms with E-state index in [2.05, 4.69) is 23.8 Å². The van der Waals surface area contributed by atoms with Gasteiger partial charge in [-0.05, 0) is 47.6 Å². The van der Waals surface area contributed by atoms with Crippen LogP contribution in [0.4, 0.5) is 0 Å². The summed E-state index contributed by atoms with van der Waals surface area (Å²) in [6.45, 7) is 6.30. The van der Waals surface area contributed by atoms with Crippen molar-refractivity contribution >= 4 is 11.6 Å². The smallest absolute Gasteiger partial charge is 0.165 e. The van der Waals surface area contributed by atoms with Gasteiger partial charge in [0.2, 0.25) is 0 Å². The summed E-state index contributed by atoms with van der Waals surface area (Å²) in [5.74, 6) is 0.369. The number of hydrogen-bond acceptors (Lipinski definition) is 3. The summed E-state index contributed by atoms with van der Waals surface area (Å²) in [4.78, 5) is 33.2. The first kappa shape index (κ1) is 20.3. The third kappa shape index (κ3) is 4.00. The van der Waals surface area contributed by atoms with E-state index >= 15 is 0 Å². The van der Waals surface area contributed by atoms with Gasteiger partial charge in [-0.1, -0.05) is 39.0 Å². The lowest BCUT2D eigenvalue weighted by molar-refractivity contribution is 0.0910. The predicted octanol–water partition coefficient (Wildman–Crippen LogP) is 5.81. The van der Waals surface area contributed by atoms with E-state index in [0.717, 1.165) is 52.0 Å². The van der Waals surface area contributed by atoms with Crippen LogP contribution in [-0.2, 0) is 12.8 Å². The van der Waals surface area contributed by atoms with Crippen molar-refractivity contribution in [2.75, 3.05) is 0 Å². The van der Waals surface area contributed by atoms with Crippen LogP contribution in [0.25, 0.3) is 11.3 Å². The second-order valence-corrected chi connectivity index (χ2v) is 9.06. The molecular formula is C26H28N2O2. The quantitative estimate of drug-likeness (QED) is 0.532. The van der Waals surface area contributed by atoms with Crippen LogP contribution in [-0.4, -0.2) is 21.5 Å². The van der Waals surface area contributed by atoms with Gasteiger partial charge in [-0.25, -0.2) is 0 Å². The highest BCUT2D eigenvalue weighted by Crippen LogP contribution is 2.40. The maximum absolute atomic E-state index is 13.1. The fourth-order valence-electron chi connectivity index (χ4n) is 4.50. The Hall–Kier alpha value is -3.01. The minimum absolute atomic E-state index is 0.0474. The zero-order valence-electron chi connectivity index (χ0n) is 17.9. The first-order valence-electron chi connectivity index (χ1n) is 10.7. The van der Waals surface area contributed by atoms with Crippen molar-refractivity contribution in [3.63, 3.8) is 0 Å². The third-order valence-electron chi connectivity index (χ3n) is 5.83. The molecule has 0 aliphatic heterocycles. The van der Waals surface area contributed by atoms with Gasteiger partial charge in [-0.2, -0.15) is 0 Å². The normalized spacial score (nSPS) is 15.1. The average Bonchev–Trinajstić information content (AvgIpc) is 3.06. The Bertz CT molecular complexity index is 1090. The number of Topliss-reactive ketones (excluding diaryl/α,β-unsaturated/α-hetero) is 2. The van der Waals surface area contributed by atoms with Crippen molar-refractivity contribution in [1.82, 2.24) is 9.97 Å². The summed E-state index contributed by atoms with van der Waals surface area (Å²) in [5.41, 5.74) is 6.65. The summed E-state index contributed by atoms with van der Waals surface area (Å²) in [6.07, 6.45) is 6.95. The molecule has 0 unspecified atom stereocenters. The van der Waals surface area contributed by atoms with Crippen LogP contribution < -0.4 is 0 Å². The molecule has 1 N–H and O–H groups in total. The van der Waals surface area contributed by atoms with E-state index in [1.807, 2.05) is 43.3 Å². The van der Waals surface area contributed by atoms with E-state index in [0.29, 0.717) is 19.3 Å². The van der Waals surface area contributed by atoms with Crippen LogP contribution in [0.2, 0.25) is 0 Å². The Balaban J connectivity index is 1.80. The van der Waals surface area contributed by atoms with Gasteiger partial charge in [-0.15, -0.1) is 0 Å². The van der Waals surface area contributed by atoms with Crippen LogP contribution in [0.15, 0.2) is 48.8 Å². The monoisotopic (exact) mass is 400 g/mol. The van der Waals surface area contributed by atoms with Crippen molar-refractivity contribution in [3.05, 3.63) is 76.7 Å². The van der Waals surface area contributed by atoms with Gasteiger partial charge in [0.1, 0.15) is 0 Å². The van der Waals surface area contributed by atoms with E-state index in [1.165, 1.54) is 0 Å². The highest BCUT2D eigenvalue weighted by Gasteiger charge is 2.35. The van der Waals surface area contributed by atoms with Crippen LogP contribution in [0.5, 0.6) is 0 Å². The van der Waals surface area contributed by atoms with Gasteiger partial charge in [0.05, 0.1) is 5.69 Å². The fourth-order valence-corrected chi connectivity index (χ4v) is 4.50. The average molecular weight is 401 g/mol. The predicted molar refractivity (Wildman–Crippen MR) is 119 cm³/mol. The Morgan fingerprint density at radius 1 is 1.13 bits per heavy atom. The number of pyridine rings is 1. The van der Waals surface area contributed by atoms with Crippen molar-refractivity contribution in [3.8, 4) is 11.3 Å². The van der Waals surface area contributed by atoms with Crippen molar-refractivity contribution in [1.29, 1.82) is 0 Å². The minimum atomic E-state index is -0.0474. The third-order valence-corrected chi connectivity index (χ3v) is 5.83. The van der Waals surface area contributed by atoms with Gasteiger partial charge in [-0.3, -0.25) is 14.6 Å². The second-order valence-electron chi connectivity index (χ2n) is 9.06. The molecule has 0 fully saturated rings. The summed E-state index contributed by atoms with van der Waals surface area (Å²) in [7, 11) is 0. The molecule has 0 radical (unpaired) electrons. The first-order chi connectivity index (χ1) is 14.4. The van der Waals surface area contributed by atoms with Gasteiger partial charge < -0.3 is 4.98 Å². The summed E-state index contributed by atoms with van der Waals surface area (Å²) < 4.78 is 0. The molecule has 0 saturated carbocycles. The Morgan fingerprint density at radius 2 is 1.90 bits per heavy atom. The van der Waals surface area contributed by atoms with Gasteiger partial charge in [0.25, 0.3) is 0 Å². The lowest BCUT2D eigenvalue weighted by Gasteiger charge is -2.28. The molecule has 4 heteroatoms. The molecule has 0 spiro atoms. The van der Waals surface area contributed by atoms with Gasteiger partial charge in [0, 0.05) is 54.0 Å². The van der Waals surface area contributed by atoms with Crippen LogP contribution in [0, 0.1) is 5.41 Å². The first-order valence-corrected chi connectivity index (χ1v) is 10.7. The Labute approximate surface area is 177 Å². The number of aromatic amines is 1. The van der Waals surface area contributed by atoms with E-state index in [1.54, 1.807) is 12.4 Å². The Kier molecular flexibility index (Phi) is 5.42. The van der Waals surface area contributed by atoms with Crippen LogP contribution >= 0.6 is 0 Å². The molecule has 0 atom stereocenters. The number of carbonyl (C=O) groups excluding carboxylic acids is 2. The molecule has 30 heavy (non-hydrogen) atoms. The molecular weight excluding hydrogens is 372 g/mol. The summed E-state index contributed by atoms with van der Waals surface area (Å²) in [6, 6.07) is 11.8. The van der Waals surface area contributed by atoms with E-state index in [-0.39, 0.29) is 17.0 Å². The van der Waals surface area contributed by atoms with Gasteiger partial charge in [0.15, 0.2) is 11.6 Å². The molecule has 3 aromatic rings. The number of rotatable bonds is 6. The van der Waals surface area contributed by atoms with Crippen molar-refractivity contribution in [2.45, 2.75) is 52.9 Å². The molecule has 4 nitrogen and oxygen atoms in total. The molecule has 0 amide bonds. The van der Waals surface area contributed by atoms with Gasteiger partial charge >= 0.3 is 0 Å². The number of carbonyl (C=O) groups is 2. The number of aromatic nitrogens is 2. The molecule has 0 bridgehead atoms. The lowest BCUT2D eigenvalue weighted by atomic mass is 9.75. The second kappa shape index (κ2) is 8.02. The largest absolute Gasteiger partial charge is 0.358 e. The molecule has 2 heterocycles. The number of nitrogens with one attached hydrogen (secondary N) is 1. The summed E-state index contributed by atoms with van der Waals surface area (Å²) >= 11 is 0. The molecule has 1 aromatic carbocycles. The molecule has 1 aliphatic rings. The minimum Gasteiger partial charge on any atom is -0.358 e. The standard InChI is InChI=1S/C26H28N2O2/c1-4-6-22(29)19-8-5-7-17(13-19)14-20-24-21(15-26(2,3)16-23(24)30)28-25(20)18-9-11-27-12-10-18/h5,7-13,28H,4,6,14-16H2,1-3H3.